The van der Waals surface area contributed by atoms with E-state index < -0.39 is 0 Å². The molecule has 1 atom stereocenters. The Labute approximate surface area is 123 Å². The van der Waals surface area contributed by atoms with E-state index in [1.807, 2.05) is 12.3 Å². The van der Waals surface area contributed by atoms with Gasteiger partial charge < -0.3 is 0 Å². The van der Waals surface area contributed by atoms with Gasteiger partial charge in [0.25, 0.3) is 0 Å². The topological polar surface area (TPSA) is 43.2 Å². The monoisotopic (exact) mass is 322 g/mol. The van der Waals surface area contributed by atoms with Gasteiger partial charge in [0.1, 0.15) is 0 Å². The second kappa shape index (κ2) is 6.99. The van der Waals surface area contributed by atoms with Gasteiger partial charge in [-0.3, -0.25) is 14.8 Å². The summed E-state index contributed by atoms with van der Waals surface area (Å²) < 4.78 is 1.01. The number of halogens is 1. The average molecular weight is 323 g/mol. The third-order valence-electron chi connectivity index (χ3n) is 3.56. The van der Waals surface area contributed by atoms with Crippen LogP contribution in [0.25, 0.3) is 0 Å². The first-order chi connectivity index (χ1) is 9.22. The lowest BCUT2D eigenvalue weighted by atomic mass is 10.2. The van der Waals surface area contributed by atoms with Gasteiger partial charge in [0.15, 0.2) is 0 Å². The molecule has 0 spiro atoms. The van der Waals surface area contributed by atoms with Gasteiger partial charge in [-0.2, -0.15) is 5.26 Å². The highest BCUT2D eigenvalue weighted by Gasteiger charge is 2.22. The first kappa shape index (κ1) is 14.4. The van der Waals surface area contributed by atoms with E-state index in [1.54, 1.807) is 0 Å². The van der Waals surface area contributed by atoms with Crippen LogP contribution < -0.4 is 0 Å². The molecule has 1 unspecified atom stereocenters. The van der Waals surface area contributed by atoms with Crippen molar-refractivity contribution in [3.05, 3.63) is 28.5 Å². The van der Waals surface area contributed by atoms with Crippen molar-refractivity contribution in [3.63, 3.8) is 0 Å². The first-order valence-electron chi connectivity index (χ1n) is 6.69. The molecule has 2 heterocycles. The highest BCUT2D eigenvalue weighted by Crippen LogP contribution is 2.12. The van der Waals surface area contributed by atoms with Crippen molar-refractivity contribution in [1.82, 2.24) is 14.8 Å². The van der Waals surface area contributed by atoms with Crippen LogP contribution in [0.5, 0.6) is 0 Å². The van der Waals surface area contributed by atoms with Gasteiger partial charge in [0, 0.05) is 43.4 Å². The minimum absolute atomic E-state index is 0.0768. The van der Waals surface area contributed by atoms with Crippen molar-refractivity contribution in [2.45, 2.75) is 25.9 Å². The standard InChI is InChI=1S/C14H19BrN4/c1-2-14(9-16)19-7-5-18(6-8-19)11-13-4-3-12(15)10-17-13/h3-4,10,14H,2,5-8,11H2,1H3. The van der Waals surface area contributed by atoms with Crippen LogP contribution in [0.2, 0.25) is 0 Å². The van der Waals surface area contributed by atoms with Crippen molar-refractivity contribution in [3.8, 4) is 6.07 Å². The van der Waals surface area contributed by atoms with Gasteiger partial charge in [-0.05, 0) is 34.5 Å². The van der Waals surface area contributed by atoms with E-state index in [0.717, 1.165) is 49.3 Å². The molecule has 0 saturated carbocycles. The van der Waals surface area contributed by atoms with Crippen LogP contribution in [0, 0.1) is 11.3 Å². The fourth-order valence-electron chi connectivity index (χ4n) is 2.39. The predicted octanol–water partition coefficient (Wildman–Crippen LogP) is 2.26. The molecule has 1 aromatic heterocycles. The second-order valence-electron chi connectivity index (χ2n) is 4.83. The van der Waals surface area contributed by atoms with E-state index in [0.29, 0.717) is 0 Å². The molecule has 0 N–H and O–H groups in total. The Hall–Kier alpha value is -0.960. The number of piperazine rings is 1. The van der Waals surface area contributed by atoms with Crippen LogP contribution in [0.1, 0.15) is 19.0 Å². The molecule has 1 saturated heterocycles. The van der Waals surface area contributed by atoms with Crippen LogP contribution >= 0.6 is 15.9 Å². The van der Waals surface area contributed by atoms with Crippen LogP contribution in [0.4, 0.5) is 0 Å². The molecule has 1 fully saturated rings. The highest BCUT2D eigenvalue weighted by molar-refractivity contribution is 9.10. The van der Waals surface area contributed by atoms with Gasteiger partial charge >= 0.3 is 0 Å². The maximum absolute atomic E-state index is 9.09. The Morgan fingerprint density at radius 1 is 1.37 bits per heavy atom. The molecule has 102 valence electrons. The van der Waals surface area contributed by atoms with Gasteiger partial charge in [0.05, 0.1) is 17.8 Å². The number of hydrogen-bond donors (Lipinski definition) is 0. The lowest BCUT2D eigenvalue weighted by molar-refractivity contribution is 0.107. The number of rotatable bonds is 4. The summed E-state index contributed by atoms with van der Waals surface area (Å²) in [6.45, 7) is 6.94. The Balaban J connectivity index is 1.83. The smallest absolute Gasteiger partial charge is 0.0976 e. The van der Waals surface area contributed by atoms with Gasteiger partial charge in [-0.1, -0.05) is 6.92 Å². The molecule has 0 aliphatic carbocycles. The lowest BCUT2D eigenvalue weighted by Crippen LogP contribution is -2.49. The molecule has 2 rings (SSSR count). The van der Waals surface area contributed by atoms with Crippen molar-refractivity contribution in [2.24, 2.45) is 0 Å². The zero-order chi connectivity index (χ0) is 13.7. The van der Waals surface area contributed by atoms with Gasteiger partial charge in [-0.15, -0.1) is 0 Å². The zero-order valence-electron chi connectivity index (χ0n) is 11.2. The summed E-state index contributed by atoms with van der Waals surface area (Å²) >= 11 is 3.40. The quantitative estimate of drug-likeness (QED) is 0.852. The molecule has 1 aromatic rings. The van der Waals surface area contributed by atoms with E-state index in [2.05, 4.69) is 49.8 Å². The Morgan fingerprint density at radius 2 is 2.11 bits per heavy atom. The van der Waals surface area contributed by atoms with Crippen LogP contribution in [0.15, 0.2) is 22.8 Å². The average Bonchev–Trinajstić information content (AvgIpc) is 2.44. The summed E-state index contributed by atoms with van der Waals surface area (Å²) in [5, 5.41) is 9.09. The maximum atomic E-state index is 9.09. The molecular formula is C14H19BrN4. The zero-order valence-corrected chi connectivity index (χ0v) is 12.8. The van der Waals surface area contributed by atoms with Gasteiger partial charge in [-0.25, -0.2) is 0 Å². The summed E-state index contributed by atoms with van der Waals surface area (Å²) in [5.41, 5.74) is 1.10. The summed E-state index contributed by atoms with van der Waals surface area (Å²) in [6.07, 6.45) is 2.75. The van der Waals surface area contributed by atoms with Crippen molar-refractivity contribution in [1.29, 1.82) is 5.26 Å². The van der Waals surface area contributed by atoms with Crippen molar-refractivity contribution in [2.75, 3.05) is 26.2 Å². The highest BCUT2D eigenvalue weighted by atomic mass is 79.9. The number of nitriles is 1. The molecule has 5 heteroatoms. The predicted molar refractivity (Wildman–Crippen MR) is 78.5 cm³/mol. The van der Waals surface area contributed by atoms with Gasteiger partial charge in [0.2, 0.25) is 0 Å². The Morgan fingerprint density at radius 3 is 2.63 bits per heavy atom. The molecule has 19 heavy (non-hydrogen) atoms. The number of aromatic nitrogens is 1. The summed E-state index contributed by atoms with van der Waals surface area (Å²) in [5.74, 6) is 0. The van der Waals surface area contributed by atoms with E-state index in [-0.39, 0.29) is 6.04 Å². The first-order valence-corrected chi connectivity index (χ1v) is 7.48. The van der Waals surface area contributed by atoms with Crippen LogP contribution in [-0.4, -0.2) is 47.0 Å². The molecule has 0 bridgehead atoms. The Bertz CT molecular complexity index is 432. The lowest BCUT2D eigenvalue weighted by Gasteiger charge is -2.36. The van der Waals surface area contributed by atoms with E-state index in [4.69, 9.17) is 5.26 Å². The van der Waals surface area contributed by atoms with E-state index in [1.165, 1.54) is 0 Å². The van der Waals surface area contributed by atoms with E-state index in [9.17, 15) is 0 Å². The van der Waals surface area contributed by atoms with Crippen molar-refractivity contribution >= 4 is 15.9 Å². The maximum Gasteiger partial charge on any atom is 0.0976 e. The second-order valence-corrected chi connectivity index (χ2v) is 5.75. The molecule has 1 aliphatic heterocycles. The summed E-state index contributed by atoms with van der Waals surface area (Å²) in [6, 6.07) is 6.54. The summed E-state index contributed by atoms with van der Waals surface area (Å²) in [4.78, 5) is 9.09. The number of hydrogen-bond acceptors (Lipinski definition) is 4. The van der Waals surface area contributed by atoms with E-state index >= 15 is 0 Å². The Kier molecular flexibility index (Phi) is 5.32. The normalized spacial score (nSPS) is 19.0. The number of nitrogens with zero attached hydrogens (tertiary/aromatic N) is 4. The molecular weight excluding hydrogens is 304 g/mol. The fourth-order valence-corrected chi connectivity index (χ4v) is 2.63. The van der Waals surface area contributed by atoms with Crippen LogP contribution in [-0.2, 0) is 6.54 Å². The molecule has 1 aliphatic rings. The minimum atomic E-state index is 0.0768. The largest absolute Gasteiger partial charge is 0.295 e. The summed E-state index contributed by atoms with van der Waals surface area (Å²) in [7, 11) is 0. The third kappa shape index (κ3) is 4.00. The van der Waals surface area contributed by atoms with Crippen LogP contribution in [0.3, 0.4) is 0 Å². The molecule has 0 radical (unpaired) electrons. The molecule has 0 aromatic carbocycles. The molecule has 0 amide bonds. The molecule has 4 nitrogen and oxygen atoms in total. The third-order valence-corrected chi connectivity index (χ3v) is 4.03. The minimum Gasteiger partial charge on any atom is -0.295 e. The number of pyridine rings is 1. The fraction of sp³-hybridized carbons (Fsp3) is 0.571. The van der Waals surface area contributed by atoms with Crippen molar-refractivity contribution < 1.29 is 0 Å². The SMILES string of the molecule is CCC(C#N)N1CCN(Cc2ccc(Br)cn2)CC1.